The highest BCUT2D eigenvalue weighted by molar-refractivity contribution is 7.80. The largest absolute Gasteiger partial charge is 0.497 e. The number of nitrogens with two attached hydrogens (primary N) is 1. The van der Waals surface area contributed by atoms with E-state index in [1.54, 1.807) is 24.3 Å². The van der Waals surface area contributed by atoms with Crippen LogP contribution in [0.5, 0.6) is 5.75 Å². The van der Waals surface area contributed by atoms with E-state index in [1.165, 1.54) is 0 Å². The molecule has 100 valence electrons. The molecule has 2 aromatic heterocycles. The van der Waals surface area contributed by atoms with Crippen LogP contribution < -0.4 is 10.5 Å². The van der Waals surface area contributed by atoms with Crippen LogP contribution in [0.4, 0.5) is 0 Å². The van der Waals surface area contributed by atoms with Gasteiger partial charge in [0.1, 0.15) is 17.1 Å². The molecular weight excluding hydrogens is 274 g/mol. The Morgan fingerprint density at radius 2 is 2.15 bits per heavy atom. The Hall–Kier alpha value is -2.54. The van der Waals surface area contributed by atoms with Crippen molar-refractivity contribution in [1.29, 1.82) is 0 Å². The Kier molecular flexibility index (Phi) is 3.03. The van der Waals surface area contributed by atoms with Crippen LogP contribution in [0.1, 0.15) is 5.82 Å². The van der Waals surface area contributed by atoms with E-state index in [0.717, 1.165) is 16.5 Å². The van der Waals surface area contributed by atoms with E-state index in [-0.39, 0.29) is 4.99 Å². The van der Waals surface area contributed by atoms with Gasteiger partial charge in [-0.05, 0) is 29.7 Å². The van der Waals surface area contributed by atoms with E-state index >= 15 is 0 Å². The number of hydrogen-bond acceptors (Lipinski definition) is 5. The fourth-order valence-electron chi connectivity index (χ4n) is 1.93. The lowest BCUT2D eigenvalue weighted by Crippen LogP contribution is -2.12. The standard InChI is InChI=1S/C13H11N5OS/c1-19-9-2-3-10-8(6-9)4-5-15-13(10)18-7-16-12(17-18)11(14)20/h2-7H,1H3,(H2,14,20). The van der Waals surface area contributed by atoms with Crippen LogP contribution in [0.25, 0.3) is 16.6 Å². The molecule has 0 saturated heterocycles. The number of fused-ring (bicyclic) bond motifs is 1. The van der Waals surface area contributed by atoms with Crippen molar-refractivity contribution in [3.8, 4) is 11.6 Å². The molecule has 0 unspecified atom stereocenters. The molecule has 0 aliphatic rings. The zero-order valence-corrected chi connectivity index (χ0v) is 11.5. The van der Waals surface area contributed by atoms with Gasteiger partial charge in [0.2, 0.25) is 5.82 Å². The Balaban J connectivity index is 2.17. The molecule has 1 aromatic carbocycles. The first-order valence-corrected chi connectivity index (χ1v) is 6.24. The van der Waals surface area contributed by atoms with E-state index in [0.29, 0.717) is 11.6 Å². The first-order valence-electron chi connectivity index (χ1n) is 5.83. The van der Waals surface area contributed by atoms with Gasteiger partial charge in [0.05, 0.1) is 7.11 Å². The van der Waals surface area contributed by atoms with Crippen molar-refractivity contribution in [2.45, 2.75) is 0 Å². The fourth-order valence-corrected chi connectivity index (χ4v) is 2.02. The van der Waals surface area contributed by atoms with Crippen molar-refractivity contribution in [3.05, 3.63) is 42.6 Å². The first-order chi connectivity index (χ1) is 9.69. The van der Waals surface area contributed by atoms with E-state index in [1.807, 2.05) is 24.3 Å². The molecule has 2 N–H and O–H groups in total. The number of thiocarbonyl (C=S) groups is 1. The second kappa shape index (κ2) is 4.86. The predicted octanol–water partition coefficient (Wildman–Crippen LogP) is 1.46. The Labute approximate surface area is 120 Å². The summed E-state index contributed by atoms with van der Waals surface area (Å²) in [7, 11) is 1.63. The van der Waals surface area contributed by atoms with Crippen molar-refractivity contribution < 1.29 is 4.74 Å². The highest BCUT2D eigenvalue weighted by Crippen LogP contribution is 2.24. The minimum atomic E-state index is 0.158. The molecule has 0 amide bonds. The van der Waals surface area contributed by atoms with Gasteiger partial charge < -0.3 is 10.5 Å². The van der Waals surface area contributed by atoms with Crippen molar-refractivity contribution >= 4 is 28.0 Å². The molecule has 3 aromatic rings. The van der Waals surface area contributed by atoms with Gasteiger partial charge in [-0.2, -0.15) is 0 Å². The lowest BCUT2D eigenvalue weighted by Gasteiger charge is -2.06. The summed E-state index contributed by atoms with van der Waals surface area (Å²) in [6.07, 6.45) is 3.25. The summed E-state index contributed by atoms with van der Waals surface area (Å²) in [6, 6.07) is 7.65. The van der Waals surface area contributed by atoms with Gasteiger partial charge in [-0.1, -0.05) is 12.2 Å². The summed E-state index contributed by atoms with van der Waals surface area (Å²) in [5.41, 5.74) is 5.51. The number of rotatable bonds is 3. The van der Waals surface area contributed by atoms with Gasteiger partial charge in [0.25, 0.3) is 0 Å². The van der Waals surface area contributed by atoms with Crippen molar-refractivity contribution in [2.75, 3.05) is 7.11 Å². The third kappa shape index (κ3) is 2.08. The Morgan fingerprint density at radius 1 is 1.30 bits per heavy atom. The predicted molar refractivity (Wildman–Crippen MR) is 79.1 cm³/mol. The van der Waals surface area contributed by atoms with Crippen LogP contribution >= 0.6 is 12.2 Å². The van der Waals surface area contributed by atoms with Crippen LogP contribution in [0.2, 0.25) is 0 Å². The number of pyridine rings is 1. The van der Waals surface area contributed by atoms with Crippen molar-refractivity contribution in [2.24, 2.45) is 5.73 Å². The summed E-state index contributed by atoms with van der Waals surface area (Å²) in [6.45, 7) is 0. The van der Waals surface area contributed by atoms with Gasteiger partial charge in [0, 0.05) is 11.6 Å². The van der Waals surface area contributed by atoms with Crippen LogP contribution in [-0.2, 0) is 0 Å². The second-order valence-electron chi connectivity index (χ2n) is 4.10. The Bertz CT molecular complexity index is 798. The maximum Gasteiger partial charge on any atom is 0.208 e. The number of aromatic nitrogens is 4. The molecule has 6 nitrogen and oxygen atoms in total. The number of hydrogen-bond donors (Lipinski definition) is 1. The molecule has 0 bridgehead atoms. The lowest BCUT2D eigenvalue weighted by molar-refractivity contribution is 0.415. The zero-order chi connectivity index (χ0) is 14.1. The number of methoxy groups -OCH3 is 1. The molecule has 3 rings (SSSR count). The molecule has 0 aliphatic heterocycles. The van der Waals surface area contributed by atoms with Crippen LogP contribution in [0.15, 0.2) is 36.8 Å². The molecule has 20 heavy (non-hydrogen) atoms. The monoisotopic (exact) mass is 285 g/mol. The van der Waals surface area contributed by atoms with Gasteiger partial charge >= 0.3 is 0 Å². The van der Waals surface area contributed by atoms with Gasteiger partial charge in [-0.15, -0.1) is 5.10 Å². The summed E-state index contributed by atoms with van der Waals surface area (Å²) in [5.74, 6) is 1.78. The van der Waals surface area contributed by atoms with E-state index in [9.17, 15) is 0 Å². The quantitative estimate of drug-likeness (QED) is 0.734. The molecule has 0 fully saturated rings. The molecule has 0 radical (unpaired) electrons. The molecule has 0 saturated carbocycles. The van der Waals surface area contributed by atoms with Crippen LogP contribution in [-0.4, -0.2) is 31.8 Å². The highest BCUT2D eigenvalue weighted by atomic mass is 32.1. The molecular formula is C13H11N5OS. The third-order valence-electron chi connectivity index (χ3n) is 2.88. The smallest absolute Gasteiger partial charge is 0.208 e. The maximum atomic E-state index is 5.51. The van der Waals surface area contributed by atoms with Crippen molar-refractivity contribution in [1.82, 2.24) is 19.7 Å². The molecule has 0 spiro atoms. The van der Waals surface area contributed by atoms with Crippen LogP contribution in [0, 0.1) is 0 Å². The number of ether oxygens (including phenoxy) is 1. The zero-order valence-electron chi connectivity index (χ0n) is 10.6. The minimum Gasteiger partial charge on any atom is -0.497 e. The molecule has 0 atom stereocenters. The van der Waals surface area contributed by atoms with Crippen molar-refractivity contribution in [3.63, 3.8) is 0 Å². The molecule has 2 heterocycles. The molecule has 7 heteroatoms. The number of nitrogens with zero attached hydrogens (tertiary/aromatic N) is 4. The average Bonchev–Trinajstić information content (AvgIpc) is 2.96. The number of benzene rings is 1. The van der Waals surface area contributed by atoms with E-state index in [4.69, 9.17) is 22.7 Å². The van der Waals surface area contributed by atoms with E-state index < -0.39 is 0 Å². The topological polar surface area (TPSA) is 78.9 Å². The van der Waals surface area contributed by atoms with E-state index in [2.05, 4.69) is 15.1 Å². The summed E-state index contributed by atoms with van der Waals surface area (Å²) in [4.78, 5) is 8.55. The SMILES string of the molecule is COc1ccc2c(-n3cnc(C(N)=S)n3)nccc2c1. The first kappa shape index (κ1) is 12.5. The Morgan fingerprint density at radius 3 is 2.85 bits per heavy atom. The second-order valence-corrected chi connectivity index (χ2v) is 4.54. The normalized spacial score (nSPS) is 10.7. The van der Waals surface area contributed by atoms with Crippen LogP contribution in [0.3, 0.4) is 0 Å². The fraction of sp³-hybridized carbons (Fsp3) is 0.0769. The molecule has 0 aliphatic carbocycles. The maximum absolute atomic E-state index is 5.51. The van der Waals surface area contributed by atoms with Gasteiger partial charge in [-0.25, -0.2) is 14.6 Å². The minimum absolute atomic E-state index is 0.158. The summed E-state index contributed by atoms with van der Waals surface area (Å²) >= 11 is 4.86. The highest BCUT2D eigenvalue weighted by Gasteiger charge is 2.09. The third-order valence-corrected chi connectivity index (χ3v) is 3.06. The van der Waals surface area contributed by atoms with Gasteiger partial charge in [0.15, 0.2) is 5.82 Å². The lowest BCUT2D eigenvalue weighted by atomic mass is 10.1. The van der Waals surface area contributed by atoms with Gasteiger partial charge in [-0.3, -0.25) is 0 Å². The summed E-state index contributed by atoms with van der Waals surface area (Å²) < 4.78 is 6.77. The summed E-state index contributed by atoms with van der Waals surface area (Å²) in [5, 5.41) is 6.16. The average molecular weight is 285 g/mol.